The highest BCUT2D eigenvalue weighted by atomic mass is 79.9. The zero-order chi connectivity index (χ0) is 24.1. The Kier molecular flexibility index (Phi) is 5.80. The normalized spacial score (nSPS) is 17.6. The number of carbonyl (C=O) groups excluding carboxylic acids is 2. The number of aromatic nitrogens is 1. The standard InChI is InChI=1S/C26H18BrClN2O3S/c1-13-11-14(2)21-19(12-13)34-26(29-21)30-22(15-3-7-17(27)8-4-15)20(24(32)25(30)33)23(31)16-5-9-18(28)10-6-16/h3-12,22,31H,1-2H3. The Hall–Kier alpha value is -3.00. The molecule has 8 heteroatoms. The molecule has 1 unspecified atom stereocenters. The number of thiazole rings is 1. The van der Waals surface area contributed by atoms with Crippen LogP contribution in [-0.2, 0) is 9.59 Å². The SMILES string of the molecule is Cc1cc(C)c2nc(N3C(=O)C(=O)C(=C(O)c4ccc(Cl)cc4)C3c3ccc(Br)cc3)sc2c1. The molecule has 1 N–H and O–H groups in total. The van der Waals surface area contributed by atoms with Crippen LogP contribution in [0.4, 0.5) is 5.13 Å². The van der Waals surface area contributed by atoms with E-state index in [1.54, 1.807) is 24.3 Å². The lowest BCUT2D eigenvalue weighted by Gasteiger charge is -2.23. The van der Waals surface area contributed by atoms with Crippen molar-refractivity contribution in [2.24, 2.45) is 0 Å². The van der Waals surface area contributed by atoms with Crippen molar-refractivity contribution in [1.29, 1.82) is 0 Å². The summed E-state index contributed by atoms with van der Waals surface area (Å²) < 4.78 is 1.79. The number of halogens is 2. The fraction of sp³-hybridized carbons (Fsp3) is 0.115. The van der Waals surface area contributed by atoms with Crippen LogP contribution in [0.1, 0.15) is 28.3 Å². The Labute approximate surface area is 213 Å². The van der Waals surface area contributed by atoms with Gasteiger partial charge in [-0.1, -0.05) is 57.1 Å². The van der Waals surface area contributed by atoms with Gasteiger partial charge in [0.25, 0.3) is 5.78 Å². The Morgan fingerprint density at radius 2 is 1.74 bits per heavy atom. The van der Waals surface area contributed by atoms with Crippen molar-refractivity contribution in [3.8, 4) is 0 Å². The maximum atomic E-state index is 13.4. The molecular weight excluding hydrogens is 536 g/mol. The van der Waals surface area contributed by atoms with Crippen molar-refractivity contribution in [2.45, 2.75) is 19.9 Å². The lowest BCUT2D eigenvalue weighted by atomic mass is 9.95. The summed E-state index contributed by atoms with van der Waals surface area (Å²) in [6.07, 6.45) is 0. The van der Waals surface area contributed by atoms with E-state index in [-0.39, 0.29) is 11.3 Å². The number of carbonyl (C=O) groups is 2. The minimum Gasteiger partial charge on any atom is -0.507 e. The summed E-state index contributed by atoms with van der Waals surface area (Å²) in [5.41, 5.74) is 3.98. The number of rotatable bonds is 3. The van der Waals surface area contributed by atoms with E-state index >= 15 is 0 Å². The summed E-state index contributed by atoms with van der Waals surface area (Å²) >= 11 is 10.8. The molecular formula is C26H18BrClN2O3S. The van der Waals surface area contributed by atoms with E-state index in [0.717, 1.165) is 25.8 Å². The van der Waals surface area contributed by atoms with E-state index in [4.69, 9.17) is 16.6 Å². The highest BCUT2D eigenvalue weighted by Gasteiger charge is 2.48. The van der Waals surface area contributed by atoms with Gasteiger partial charge in [0.2, 0.25) is 0 Å². The number of hydrogen-bond acceptors (Lipinski definition) is 5. The summed E-state index contributed by atoms with van der Waals surface area (Å²) in [6.45, 7) is 3.98. The molecule has 0 aliphatic carbocycles. The first kappa shape index (κ1) is 22.8. The van der Waals surface area contributed by atoms with Gasteiger partial charge in [0.1, 0.15) is 5.76 Å². The van der Waals surface area contributed by atoms with E-state index in [9.17, 15) is 14.7 Å². The second-order valence-corrected chi connectivity index (χ2v) is 10.5. The quantitative estimate of drug-likeness (QED) is 0.169. The first-order valence-electron chi connectivity index (χ1n) is 10.4. The third-order valence-corrected chi connectivity index (χ3v) is 7.55. The van der Waals surface area contributed by atoms with Crippen LogP contribution in [0.3, 0.4) is 0 Å². The molecule has 1 fully saturated rings. The van der Waals surface area contributed by atoms with Gasteiger partial charge in [-0.15, -0.1) is 0 Å². The molecule has 4 aromatic rings. The highest BCUT2D eigenvalue weighted by Crippen LogP contribution is 2.45. The predicted octanol–water partition coefficient (Wildman–Crippen LogP) is 6.96. The largest absolute Gasteiger partial charge is 0.507 e. The molecule has 1 aromatic heterocycles. The molecule has 3 aromatic carbocycles. The van der Waals surface area contributed by atoms with Gasteiger partial charge in [0, 0.05) is 15.1 Å². The summed E-state index contributed by atoms with van der Waals surface area (Å²) in [7, 11) is 0. The topological polar surface area (TPSA) is 70.5 Å². The monoisotopic (exact) mass is 552 g/mol. The van der Waals surface area contributed by atoms with E-state index in [1.807, 2.05) is 50.2 Å². The minimum absolute atomic E-state index is 0.0156. The van der Waals surface area contributed by atoms with Crippen LogP contribution in [0.2, 0.25) is 5.02 Å². The molecule has 5 rings (SSSR count). The molecule has 170 valence electrons. The number of ketones is 1. The third-order valence-electron chi connectivity index (χ3n) is 5.77. The van der Waals surface area contributed by atoms with Crippen molar-refractivity contribution in [1.82, 2.24) is 4.98 Å². The lowest BCUT2D eigenvalue weighted by Crippen LogP contribution is -2.29. The second kappa shape index (κ2) is 8.65. The fourth-order valence-electron chi connectivity index (χ4n) is 4.22. The molecule has 0 radical (unpaired) electrons. The van der Waals surface area contributed by atoms with Gasteiger partial charge in [0.05, 0.1) is 21.8 Å². The molecule has 1 saturated heterocycles. The van der Waals surface area contributed by atoms with E-state index in [0.29, 0.717) is 21.3 Å². The van der Waals surface area contributed by atoms with E-state index in [2.05, 4.69) is 15.9 Å². The number of aliphatic hydroxyl groups excluding tert-OH is 1. The molecule has 1 atom stereocenters. The zero-order valence-corrected chi connectivity index (χ0v) is 21.3. The van der Waals surface area contributed by atoms with Gasteiger partial charge in [-0.25, -0.2) is 4.98 Å². The van der Waals surface area contributed by atoms with E-state index < -0.39 is 17.7 Å². The number of nitrogens with zero attached hydrogens (tertiary/aromatic N) is 2. The number of benzene rings is 3. The molecule has 0 bridgehead atoms. The number of anilines is 1. The number of aryl methyl sites for hydroxylation is 2. The molecule has 0 saturated carbocycles. The average Bonchev–Trinajstić information content (AvgIpc) is 3.33. The van der Waals surface area contributed by atoms with E-state index in [1.165, 1.54) is 16.2 Å². The first-order chi connectivity index (χ1) is 16.2. The molecule has 34 heavy (non-hydrogen) atoms. The molecule has 1 aliphatic heterocycles. The van der Waals surface area contributed by atoms with Crippen molar-refractivity contribution in [2.75, 3.05) is 4.90 Å². The lowest BCUT2D eigenvalue weighted by molar-refractivity contribution is -0.132. The van der Waals surface area contributed by atoms with Crippen LogP contribution in [0.15, 0.2) is 70.7 Å². The molecule has 1 aliphatic rings. The van der Waals surface area contributed by atoms with Gasteiger partial charge in [-0.2, -0.15) is 0 Å². The van der Waals surface area contributed by atoms with Crippen LogP contribution in [0, 0.1) is 13.8 Å². The fourth-order valence-corrected chi connectivity index (χ4v) is 5.77. The summed E-state index contributed by atoms with van der Waals surface area (Å²) in [5.74, 6) is -1.73. The molecule has 0 spiro atoms. The number of Topliss-reactive ketones (excluding diaryl/α,β-unsaturated/α-hetero) is 1. The number of aliphatic hydroxyl groups is 1. The Morgan fingerprint density at radius 3 is 2.41 bits per heavy atom. The molecule has 2 heterocycles. The van der Waals surface area contributed by atoms with Crippen molar-refractivity contribution in [3.05, 3.63) is 98.0 Å². The molecule has 5 nitrogen and oxygen atoms in total. The smallest absolute Gasteiger partial charge is 0.301 e. The van der Waals surface area contributed by atoms with Gasteiger partial charge in [-0.3, -0.25) is 14.5 Å². The number of fused-ring (bicyclic) bond motifs is 1. The van der Waals surface area contributed by atoms with Crippen molar-refractivity contribution >= 4 is 71.7 Å². The Morgan fingerprint density at radius 1 is 1.06 bits per heavy atom. The first-order valence-corrected chi connectivity index (χ1v) is 12.4. The zero-order valence-electron chi connectivity index (χ0n) is 18.2. The number of hydrogen-bond donors (Lipinski definition) is 1. The van der Waals surface area contributed by atoms with Crippen molar-refractivity contribution in [3.63, 3.8) is 0 Å². The van der Waals surface area contributed by atoms with Gasteiger partial charge in [0.15, 0.2) is 5.13 Å². The van der Waals surface area contributed by atoms with Crippen molar-refractivity contribution < 1.29 is 14.7 Å². The number of amides is 1. The second-order valence-electron chi connectivity index (χ2n) is 8.15. The van der Waals surface area contributed by atoms with Gasteiger partial charge in [-0.05, 0) is 73.0 Å². The molecule has 1 amide bonds. The Balaban J connectivity index is 1.74. The third kappa shape index (κ3) is 3.83. The van der Waals surface area contributed by atoms with Crippen LogP contribution >= 0.6 is 38.9 Å². The summed E-state index contributed by atoms with van der Waals surface area (Å²) in [5, 5.41) is 12.1. The van der Waals surface area contributed by atoms with Gasteiger partial charge < -0.3 is 5.11 Å². The Bertz CT molecular complexity index is 1490. The maximum absolute atomic E-state index is 13.4. The van der Waals surface area contributed by atoms with Gasteiger partial charge >= 0.3 is 5.91 Å². The predicted molar refractivity (Wildman–Crippen MR) is 139 cm³/mol. The van der Waals surface area contributed by atoms with Crippen LogP contribution in [0.5, 0.6) is 0 Å². The van der Waals surface area contributed by atoms with Crippen LogP contribution < -0.4 is 4.90 Å². The average molecular weight is 554 g/mol. The van der Waals surface area contributed by atoms with Crippen LogP contribution in [0.25, 0.3) is 16.0 Å². The maximum Gasteiger partial charge on any atom is 0.301 e. The summed E-state index contributed by atoms with van der Waals surface area (Å²) in [6, 6.07) is 17.0. The van der Waals surface area contributed by atoms with Crippen LogP contribution in [-0.4, -0.2) is 21.8 Å². The highest BCUT2D eigenvalue weighted by molar-refractivity contribution is 9.10. The minimum atomic E-state index is -0.828. The summed E-state index contributed by atoms with van der Waals surface area (Å²) in [4.78, 5) is 32.8.